The van der Waals surface area contributed by atoms with Crippen LogP contribution in [-0.2, 0) is 0 Å². The van der Waals surface area contributed by atoms with Crippen LogP contribution in [0, 0.1) is 0 Å². The largest absolute Gasteiger partial charge is 0.494 e. The highest BCUT2D eigenvalue weighted by Gasteiger charge is 2.24. The number of ether oxygens (including phenoxy) is 1. The Morgan fingerprint density at radius 3 is 2.20 bits per heavy atom. The van der Waals surface area contributed by atoms with Crippen LogP contribution in [0.3, 0.4) is 0 Å². The number of nitrogens with zero attached hydrogens (tertiary/aromatic N) is 4. The minimum Gasteiger partial charge on any atom is -0.494 e. The highest BCUT2D eigenvalue weighted by molar-refractivity contribution is 5.62. The van der Waals surface area contributed by atoms with E-state index in [2.05, 4.69) is 65.3 Å². The number of hydrogen-bond acceptors (Lipinski definition) is 6. The van der Waals surface area contributed by atoms with Gasteiger partial charge in [-0.1, -0.05) is 13.3 Å². The second kappa shape index (κ2) is 9.30. The van der Waals surface area contributed by atoms with E-state index < -0.39 is 0 Å². The number of anilines is 1. The lowest BCUT2D eigenvalue weighted by Crippen LogP contribution is -2.31. The van der Waals surface area contributed by atoms with Crippen molar-refractivity contribution in [3.05, 3.63) is 48.5 Å². The van der Waals surface area contributed by atoms with Gasteiger partial charge >= 0.3 is 0 Å². The van der Waals surface area contributed by atoms with Crippen LogP contribution in [0.5, 0.6) is 5.75 Å². The van der Waals surface area contributed by atoms with Gasteiger partial charge in [-0.2, -0.15) is 0 Å². The van der Waals surface area contributed by atoms with Gasteiger partial charge in [0, 0.05) is 35.9 Å². The zero-order valence-electron chi connectivity index (χ0n) is 18.0. The molecule has 1 unspecified atom stereocenters. The Labute approximate surface area is 178 Å². The van der Waals surface area contributed by atoms with E-state index >= 15 is 0 Å². The van der Waals surface area contributed by atoms with Crippen molar-refractivity contribution in [1.29, 1.82) is 0 Å². The zero-order valence-corrected chi connectivity index (χ0v) is 18.0. The molecule has 0 aliphatic carbocycles. The molecule has 1 atom stereocenters. The van der Waals surface area contributed by atoms with Crippen molar-refractivity contribution >= 4 is 5.69 Å². The topological polar surface area (TPSA) is 54.6 Å². The molecule has 6 nitrogen and oxygen atoms in total. The monoisotopic (exact) mass is 406 g/mol. The van der Waals surface area contributed by atoms with E-state index in [0.717, 1.165) is 49.4 Å². The molecule has 1 saturated heterocycles. The summed E-state index contributed by atoms with van der Waals surface area (Å²) in [6, 6.07) is 16.8. The summed E-state index contributed by atoms with van der Waals surface area (Å²) < 4.78 is 11.6. The summed E-state index contributed by atoms with van der Waals surface area (Å²) in [5.74, 6) is 1.91. The van der Waals surface area contributed by atoms with Gasteiger partial charge in [0.25, 0.3) is 0 Å². The summed E-state index contributed by atoms with van der Waals surface area (Å²) in [6.07, 6.45) is 3.38. The number of benzene rings is 2. The molecule has 2 aromatic carbocycles. The molecule has 0 bridgehead atoms. The Morgan fingerprint density at radius 2 is 1.63 bits per heavy atom. The quantitative estimate of drug-likeness (QED) is 0.505. The first kappa shape index (κ1) is 20.4. The van der Waals surface area contributed by atoms with E-state index in [-0.39, 0.29) is 0 Å². The van der Waals surface area contributed by atoms with Crippen LogP contribution < -0.4 is 9.64 Å². The molecule has 0 N–H and O–H groups in total. The van der Waals surface area contributed by atoms with Gasteiger partial charge < -0.3 is 19.0 Å². The molecular formula is C24H30N4O2. The number of hydrogen-bond donors (Lipinski definition) is 0. The molecule has 0 amide bonds. The van der Waals surface area contributed by atoms with E-state index in [1.807, 2.05) is 24.3 Å². The summed E-state index contributed by atoms with van der Waals surface area (Å²) in [5.41, 5.74) is 3.06. The Bertz CT molecular complexity index is 935. The van der Waals surface area contributed by atoms with Gasteiger partial charge in [-0.05, 0) is 75.5 Å². The van der Waals surface area contributed by atoms with Crippen molar-refractivity contribution in [3.8, 4) is 28.7 Å². The van der Waals surface area contributed by atoms with Gasteiger partial charge in [0.1, 0.15) is 5.75 Å². The smallest absolute Gasteiger partial charge is 0.248 e. The fourth-order valence-corrected chi connectivity index (χ4v) is 3.70. The van der Waals surface area contributed by atoms with E-state index in [1.165, 1.54) is 12.1 Å². The first-order valence-corrected chi connectivity index (χ1v) is 10.7. The van der Waals surface area contributed by atoms with Crippen molar-refractivity contribution in [1.82, 2.24) is 15.1 Å². The third-order valence-corrected chi connectivity index (χ3v) is 5.67. The molecule has 3 aromatic rings. The van der Waals surface area contributed by atoms with Gasteiger partial charge in [-0.15, -0.1) is 10.2 Å². The number of aromatic nitrogens is 2. The molecule has 0 radical (unpaired) electrons. The maximum Gasteiger partial charge on any atom is 0.248 e. The van der Waals surface area contributed by atoms with Crippen LogP contribution in [0.15, 0.2) is 52.9 Å². The minimum atomic E-state index is 0.516. The summed E-state index contributed by atoms with van der Waals surface area (Å²) in [6.45, 7) is 5.05. The maximum atomic E-state index is 5.92. The van der Waals surface area contributed by atoms with Crippen molar-refractivity contribution in [2.75, 3.05) is 38.7 Å². The van der Waals surface area contributed by atoms with Crippen LogP contribution in [0.4, 0.5) is 5.69 Å². The normalized spacial score (nSPS) is 16.4. The Balaban J connectivity index is 1.41. The molecule has 6 heteroatoms. The van der Waals surface area contributed by atoms with E-state index in [1.54, 1.807) is 0 Å². The van der Waals surface area contributed by atoms with E-state index in [0.29, 0.717) is 17.8 Å². The molecule has 1 aromatic heterocycles. The molecule has 2 heterocycles. The highest BCUT2D eigenvalue weighted by atomic mass is 16.5. The lowest BCUT2D eigenvalue weighted by atomic mass is 10.2. The van der Waals surface area contributed by atoms with Crippen LogP contribution in [-0.4, -0.2) is 54.9 Å². The average molecular weight is 407 g/mol. The molecule has 30 heavy (non-hydrogen) atoms. The average Bonchev–Trinajstić information content (AvgIpc) is 3.45. The van der Waals surface area contributed by atoms with Crippen molar-refractivity contribution in [2.45, 2.75) is 32.2 Å². The zero-order chi connectivity index (χ0) is 20.9. The van der Waals surface area contributed by atoms with Gasteiger partial charge in [-0.3, -0.25) is 0 Å². The molecule has 1 aliphatic rings. The summed E-state index contributed by atoms with van der Waals surface area (Å²) >= 11 is 0. The van der Waals surface area contributed by atoms with Gasteiger partial charge in [0.2, 0.25) is 11.8 Å². The van der Waals surface area contributed by atoms with Gasteiger partial charge in [0.05, 0.1) is 6.61 Å². The predicted octanol–water partition coefficient (Wildman–Crippen LogP) is 4.72. The molecule has 1 aliphatic heterocycles. The van der Waals surface area contributed by atoms with Crippen molar-refractivity contribution < 1.29 is 9.15 Å². The Morgan fingerprint density at radius 1 is 1.00 bits per heavy atom. The van der Waals surface area contributed by atoms with Crippen LogP contribution in [0.2, 0.25) is 0 Å². The summed E-state index contributed by atoms with van der Waals surface area (Å²) in [4.78, 5) is 4.73. The standard InChI is InChI=1S/C24H30N4O2/c1-4-5-16-29-22-12-8-19(9-13-22)24-26-25-23(30-24)18-6-10-20(11-7-18)28-15-14-21(17-28)27(2)3/h6-13,21H,4-5,14-17H2,1-3H3. The van der Waals surface area contributed by atoms with Crippen molar-refractivity contribution in [3.63, 3.8) is 0 Å². The minimum absolute atomic E-state index is 0.516. The van der Waals surface area contributed by atoms with Crippen molar-refractivity contribution in [2.24, 2.45) is 0 Å². The van der Waals surface area contributed by atoms with E-state index in [4.69, 9.17) is 9.15 Å². The Kier molecular flexibility index (Phi) is 6.33. The lowest BCUT2D eigenvalue weighted by molar-refractivity contribution is 0.309. The van der Waals surface area contributed by atoms with Crippen LogP contribution in [0.1, 0.15) is 26.2 Å². The Hall–Kier alpha value is -2.86. The highest BCUT2D eigenvalue weighted by Crippen LogP contribution is 2.28. The molecule has 158 valence electrons. The number of rotatable bonds is 8. The number of unbranched alkanes of at least 4 members (excludes halogenated alkanes) is 1. The van der Waals surface area contributed by atoms with Crippen LogP contribution >= 0.6 is 0 Å². The van der Waals surface area contributed by atoms with Crippen LogP contribution in [0.25, 0.3) is 22.9 Å². The molecule has 0 spiro atoms. The first-order valence-electron chi connectivity index (χ1n) is 10.7. The SMILES string of the molecule is CCCCOc1ccc(-c2nnc(-c3ccc(N4CCC(N(C)C)C4)cc3)o2)cc1. The summed E-state index contributed by atoms with van der Waals surface area (Å²) in [5, 5.41) is 8.46. The molecule has 0 saturated carbocycles. The molecular weight excluding hydrogens is 376 g/mol. The number of likely N-dealkylation sites (N-methyl/N-ethyl adjacent to an activating group) is 1. The predicted molar refractivity (Wildman–Crippen MR) is 120 cm³/mol. The fourth-order valence-electron chi connectivity index (χ4n) is 3.70. The fraction of sp³-hybridized carbons (Fsp3) is 0.417. The maximum absolute atomic E-state index is 5.92. The molecule has 4 rings (SSSR count). The second-order valence-corrected chi connectivity index (χ2v) is 8.04. The second-order valence-electron chi connectivity index (χ2n) is 8.04. The van der Waals surface area contributed by atoms with E-state index in [9.17, 15) is 0 Å². The molecule has 1 fully saturated rings. The van der Waals surface area contributed by atoms with Gasteiger partial charge in [-0.25, -0.2) is 0 Å². The lowest BCUT2D eigenvalue weighted by Gasteiger charge is -2.21. The third-order valence-electron chi connectivity index (χ3n) is 5.67. The third kappa shape index (κ3) is 4.65. The first-order chi connectivity index (χ1) is 14.6. The summed E-state index contributed by atoms with van der Waals surface area (Å²) in [7, 11) is 4.30. The van der Waals surface area contributed by atoms with Gasteiger partial charge in [0.15, 0.2) is 0 Å².